The third-order valence-electron chi connectivity index (χ3n) is 5.14. The van der Waals surface area contributed by atoms with Gasteiger partial charge in [-0.1, -0.05) is 35.9 Å². The van der Waals surface area contributed by atoms with Crippen LogP contribution in [0.5, 0.6) is 11.5 Å². The Kier molecular flexibility index (Phi) is 9.35. The molecule has 178 valence electrons. The van der Waals surface area contributed by atoms with Gasteiger partial charge in [-0.25, -0.2) is 0 Å². The number of rotatable bonds is 9. The second-order valence-corrected chi connectivity index (χ2v) is 9.36. The number of allylic oxidation sites excluding steroid dienone is 1. The summed E-state index contributed by atoms with van der Waals surface area (Å²) in [5.74, 6) is 0.570. The fraction of sp³-hybridized carbons (Fsp3) is 0.143. The normalized spacial score (nSPS) is 10.9. The van der Waals surface area contributed by atoms with Crippen LogP contribution in [-0.4, -0.2) is 13.0 Å². The van der Waals surface area contributed by atoms with Crippen molar-refractivity contribution in [2.45, 2.75) is 20.0 Å². The van der Waals surface area contributed by atoms with Gasteiger partial charge >= 0.3 is 0 Å². The van der Waals surface area contributed by atoms with Crippen molar-refractivity contribution in [3.63, 3.8) is 0 Å². The number of nitrogens with zero attached hydrogens (tertiary/aromatic N) is 1. The van der Waals surface area contributed by atoms with Gasteiger partial charge in [-0.3, -0.25) is 4.79 Å². The third-order valence-corrected chi connectivity index (χ3v) is 6.27. The molecular formula is C28H24ClIN2O3. The number of methoxy groups -OCH3 is 1. The SMILES string of the molecule is C=CCc1cc(/C=C(/C#N)C(=O)Nc2ccc(C)c(Cl)c2)cc(OC)c1OCc1ccc(I)cc1. The molecule has 3 aromatic carbocycles. The lowest BCUT2D eigenvalue weighted by Gasteiger charge is -2.16. The number of benzene rings is 3. The Labute approximate surface area is 224 Å². The van der Waals surface area contributed by atoms with E-state index in [1.54, 1.807) is 37.5 Å². The number of nitriles is 1. The van der Waals surface area contributed by atoms with E-state index in [1.807, 2.05) is 43.3 Å². The molecule has 3 rings (SSSR count). The summed E-state index contributed by atoms with van der Waals surface area (Å²) in [4.78, 5) is 12.7. The van der Waals surface area contributed by atoms with Crippen LogP contribution in [0.15, 0.2) is 72.8 Å². The number of hydrogen-bond donors (Lipinski definition) is 1. The molecule has 0 heterocycles. The average Bonchev–Trinajstić information content (AvgIpc) is 2.85. The predicted molar refractivity (Wildman–Crippen MR) is 149 cm³/mol. The number of carbonyl (C=O) groups is 1. The molecule has 0 fully saturated rings. The van der Waals surface area contributed by atoms with Crippen LogP contribution >= 0.6 is 34.2 Å². The van der Waals surface area contributed by atoms with Crippen molar-refractivity contribution in [2.24, 2.45) is 0 Å². The fourth-order valence-electron chi connectivity index (χ4n) is 3.31. The molecule has 0 radical (unpaired) electrons. The van der Waals surface area contributed by atoms with Gasteiger partial charge in [0.15, 0.2) is 11.5 Å². The molecule has 0 unspecified atom stereocenters. The quantitative estimate of drug-likeness (QED) is 0.123. The molecule has 0 aliphatic rings. The maximum Gasteiger partial charge on any atom is 0.266 e. The van der Waals surface area contributed by atoms with E-state index in [0.717, 1.165) is 20.3 Å². The summed E-state index contributed by atoms with van der Waals surface area (Å²) in [5.41, 5.74) is 3.84. The molecule has 0 saturated heterocycles. The van der Waals surface area contributed by atoms with E-state index in [-0.39, 0.29) is 5.57 Å². The Morgan fingerprint density at radius 3 is 2.57 bits per heavy atom. The zero-order valence-corrected chi connectivity index (χ0v) is 22.3. The molecule has 1 amide bonds. The van der Waals surface area contributed by atoms with Crippen LogP contribution < -0.4 is 14.8 Å². The van der Waals surface area contributed by atoms with E-state index in [0.29, 0.717) is 40.8 Å². The number of carbonyl (C=O) groups excluding carboxylic acids is 1. The summed E-state index contributed by atoms with van der Waals surface area (Å²) in [6, 6.07) is 18.8. The molecule has 0 saturated carbocycles. The van der Waals surface area contributed by atoms with Crippen LogP contribution in [0.2, 0.25) is 5.02 Å². The Balaban J connectivity index is 1.89. The predicted octanol–water partition coefficient (Wildman–Crippen LogP) is 7.11. The lowest BCUT2D eigenvalue weighted by atomic mass is 10.0. The third kappa shape index (κ3) is 7.10. The van der Waals surface area contributed by atoms with Crippen molar-refractivity contribution in [1.82, 2.24) is 0 Å². The van der Waals surface area contributed by atoms with Gasteiger partial charge in [0, 0.05) is 19.8 Å². The summed E-state index contributed by atoms with van der Waals surface area (Å²) >= 11 is 8.40. The molecule has 35 heavy (non-hydrogen) atoms. The molecule has 0 bridgehead atoms. The van der Waals surface area contributed by atoms with Crippen molar-refractivity contribution in [3.8, 4) is 17.6 Å². The van der Waals surface area contributed by atoms with Gasteiger partial charge in [-0.15, -0.1) is 6.58 Å². The maximum atomic E-state index is 12.7. The molecule has 0 aromatic heterocycles. The van der Waals surface area contributed by atoms with E-state index >= 15 is 0 Å². The summed E-state index contributed by atoms with van der Waals surface area (Å²) in [7, 11) is 1.55. The number of nitrogens with one attached hydrogen (secondary N) is 1. The number of aryl methyl sites for hydroxylation is 1. The first kappa shape index (κ1) is 26.3. The van der Waals surface area contributed by atoms with Gasteiger partial charge < -0.3 is 14.8 Å². The van der Waals surface area contributed by atoms with Crippen molar-refractivity contribution < 1.29 is 14.3 Å². The van der Waals surface area contributed by atoms with Crippen molar-refractivity contribution in [3.05, 3.63) is 104 Å². The van der Waals surface area contributed by atoms with Gasteiger partial charge in [-0.05, 0) is 95.1 Å². The Morgan fingerprint density at radius 2 is 1.94 bits per heavy atom. The van der Waals surface area contributed by atoms with E-state index < -0.39 is 5.91 Å². The number of ether oxygens (including phenoxy) is 2. The summed E-state index contributed by atoms with van der Waals surface area (Å²) < 4.78 is 12.9. The lowest BCUT2D eigenvalue weighted by molar-refractivity contribution is -0.112. The minimum atomic E-state index is -0.532. The van der Waals surface area contributed by atoms with E-state index in [2.05, 4.69) is 34.5 Å². The molecule has 7 heteroatoms. The van der Waals surface area contributed by atoms with Gasteiger partial charge in [0.25, 0.3) is 5.91 Å². The maximum absolute atomic E-state index is 12.7. The summed E-state index contributed by atoms with van der Waals surface area (Å²) in [6.45, 7) is 6.08. The largest absolute Gasteiger partial charge is 0.493 e. The first-order valence-corrected chi connectivity index (χ1v) is 12.2. The molecule has 3 aromatic rings. The molecular weight excluding hydrogens is 575 g/mol. The zero-order valence-electron chi connectivity index (χ0n) is 19.4. The number of anilines is 1. The number of hydrogen-bond acceptors (Lipinski definition) is 4. The molecule has 0 spiro atoms. The van der Waals surface area contributed by atoms with Crippen molar-refractivity contribution in [1.29, 1.82) is 5.26 Å². The van der Waals surface area contributed by atoms with Crippen LogP contribution in [0, 0.1) is 21.8 Å². The minimum absolute atomic E-state index is 0.0548. The van der Waals surface area contributed by atoms with Gasteiger partial charge in [0.1, 0.15) is 18.2 Å². The van der Waals surface area contributed by atoms with Crippen LogP contribution in [0.4, 0.5) is 5.69 Å². The average molecular weight is 599 g/mol. The van der Waals surface area contributed by atoms with Crippen LogP contribution in [0.1, 0.15) is 22.3 Å². The molecule has 1 N–H and O–H groups in total. The Morgan fingerprint density at radius 1 is 1.20 bits per heavy atom. The highest BCUT2D eigenvalue weighted by Gasteiger charge is 2.15. The van der Waals surface area contributed by atoms with E-state index in [1.165, 1.54) is 6.08 Å². The van der Waals surface area contributed by atoms with Crippen LogP contribution in [0.3, 0.4) is 0 Å². The van der Waals surface area contributed by atoms with Gasteiger partial charge in [0.05, 0.1) is 7.11 Å². The topological polar surface area (TPSA) is 71.4 Å². The minimum Gasteiger partial charge on any atom is -0.493 e. The highest BCUT2D eigenvalue weighted by Crippen LogP contribution is 2.35. The first-order chi connectivity index (χ1) is 16.8. The summed E-state index contributed by atoms with van der Waals surface area (Å²) in [5, 5.41) is 12.9. The van der Waals surface area contributed by atoms with Crippen LogP contribution in [0.25, 0.3) is 6.08 Å². The monoisotopic (exact) mass is 598 g/mol. The first-order valence-electron chi connectivity index (χ1n) is 10.7. The molecule has 0 atom stereocenters. The highest BCUT2D eigenvalue weighted by molar-refractivity contribution is 14.1. The smallest absolute Gasteiger partial charge is 0.266 e. The van der Waals surface area contributed by atoms with E-state index in [9.17, 15) is 10.1 Å². The molecule has 0 aliphatic heterocycles. The highest BCUT2D eigenvalue weighted by atomic mass is 127. The van der Waals surface area contributed by atoms with Gasteiger partial charge in [-0.2, -0.15) is 5.26 Å². The van der Waals surface area contributed by atoms with Gasteiger partial charge in [0.2, 0.25) is 0 Å². The molecule has 0 aliphatic carbocycles. The second kappa shape index (κ2) is 12.4. The fourth-order valence-corrected chi connectivity index (χ4v) is 3.85. The zero-order chi connectivity index (χ0) is 25.4. The second-order valence-electron chi connectivity index (χ2n) is 7.71. The standard InChI is InChI=1S/C28H24ClIN2O3/c1-4-5-21-12-20(13-22(16-31)28(33)32-24-11-6-18(2)25(29)15-24)14-26(34-3)27(21)35-17-19-7-9-23(30)10-8-19/h4,6-15H,1,5,17H2,2-3H3,(H,32,33)/b22-13-. The van der Waals surface area contributed by atoms with Crippen molar-refractivity contribution >= 4 is 51.9 Å². The van der Waals surface area contributed by atoms with E-state index in [4.69, 9.17) is 21.1 Å². The number of halogens is 2. The van der Waals surface area contributed by atoms with Crippen molar-refractivity contribution in [2.75, 3.05) is 12.4 Å². The number of amides is 1. The Hall–Kier alpha value is -3.28. The molecule has 5 nitrogen and oxygen atoms in total. The summed E-state index contributed by atoms with van der Waals surface area (Å²) in [6.07, 6.45) is 3.80. The van der Waals surface area contributed by atoms with Crippen LogP contribution in [-0.2, 0) is 17.8 Å². The lowest BCUT2D eigenvalue weighted by Crippen LogP contribution is -2.13. The Bertz CT molecular complexity index is 1310.